The maximum atomic E-state index is 13.8. The summed E-state index contributed by atoms with van der Waals surface area (Å²) in [6.45, 7) is 3.63. The summed E-state index contributed by atoms with van der Waals surface area (Å²) < 4.78 is 30.3. The fraction of sp³-hybridized carbons (Fsp3) is 0.316. The Labute approximate surface area is 159 Å². The molecule has 7 heteroatoms. The van der Waals surface area contributed by atoms with Crippen LogP contribution in [0, 0.1) is 5.82 Å². The molecule has 2 aromatic rings. The molecule has 0 saturated carbocycles. The number of ether oxygens (including phenoxy) is 3. The summed E-state index contributed by atoms with van der Waals surface area (Å²) >= 11 is 3.19. The summed E-state index contributed by atoms with van der Waals surface area (Å²) in [6, 6.07) is 11.1. The molecule has 0 heterocycles. The Morgan fingerprint density at radius 3 is 2.46 bits per heavy atom. The minimum Gasteiger partial charge on any atom is -0.488 e. The van der Waals surface area contributed by atoms with E-state index >= 15 is 0 Å². The monoisotopic (exact) mass is 426 g/mol. The van der Waals surface area contributed by atoms with Gasteiger partial charge in [-0.15, -0.1) is 0 Å². The Morgan fingerprint density at radius 2 is 1.85 bits per heavy atom. The van der Waals surface area contributed by atoms with Crippen molar-refractivity contribution in [1.82, 2.24) is 0 Å². The first-order valence-electron chi connectivity index (χ1n) is 8.12. The Morgan fingerprint density at radius 1 is 1.19 bits per heavy atom. The Bertz CT molecular complexity index is 735. The van der Waals surface area contributed by atoms with Crippen LogP contribution in [-0.2, 0) is 9.53 Å². The van der Waals surface area contributed by atoms with Crippen molar-refractivity contribution >= 4 is 21.9 Å². The lowest BCUT2D eigenvalue weighted by Gasteiger charge is -2.20. The number of carbonyl (C=O) groups excluding carboxylic acids is 1. The van der Waals surface area contributed by atoms with Gasteiger partial charge in [-0.25, -0.2) is 4.39 Å². The normalized spacial score (nSPS) is 13.0. The number of benzene rings is 2. The number of hydrogen-bond acceptors (Lipinski definition) is 5. The van der Waals surface area contributed by atoms with Crippen molar-refractivity contribution in [2.45, 2.75) is 32.5 Å². The van der Waals surface area contributed by atoms with E-state index in [9.17, 15) is 14.3 Å². The fourth-order valence-electron chi connectivity index (χ4n) is 2.12. The highest BCUT2D eigenvalue weighted by Crippen LogP contribution is 2.28. The highest BCUT2D eigenvalue weighted by Gasteiger charge is 2.20. The molecule has 0 bridgehead atoms. The second-order valence-corrected chi connectivity index (χ2v) is 6.46. The van der Waals surface area contributed by atoms with Crippen molar-refractivity contribution in [3.05, 3.63) is 52.8 Å². The zero-order valence-corrected chi connectivity index (χ0v) is 16.0. The first-order valence-corrected chi connectivity index (χ1v) is 8.91. The number of esters is 1. The van der Waals surface area contributed by atoms with Crippen LogP contribution in [0.3, 0.4) is 0 Å². The van der Waals surface area contributed by atoms with Crippen LogP contribution in [0.4, 0.5) is 4.39 Å². The molecule has 0 spiro atoms. The Kier molecular flexibility index (Phi) is 7.41. The van der Waals surface area contributed by atoms with E-state index in [1.807, 2.05) is 0 Å². The Hall–Kier alpha value is -2.12. The van der Waals surface area contributed by atoms with Gasteiger partial charge in [-0.2, -0.15) is 0 Å². The molecule has 0 aliphatic carbocycles. The van der Waals surface area contributed by atoms with Gasteiger partial charge in [0.25, 0.3) is 0 Å². The molecular formula is C19H20BrFO5. The van der Waals surface area contributed by atoms with E-state index in [0.29, 0.717) is 16.0 Å². The standard InChI is InChI=1S/C19H20BrFO5/c1-3-24-19(23)11-17(22)12(2)25-14-5-7-15(8-6-14)26-18-9-4-13(20)10-16(18)21/h4-10,12,17,22H,3,11H2,1-2H3. The number of aliphatic hydroxyl groups is 1. The van der Waals surface area contributed by atoms with E-state index in [4.69, 9.17) is 14.2 Å². The van der Waals surface area contributed by atoms with Gasteiger partial charge in [0, 0.05) is 4.47 Å². The predicted octanol–water partition coefficient (Wildman–Crippen LogP) is 4.46. The van der Waals surface area contributed by atoms with Crippen LogP contribution in [0.25, 0.3) is 0 Å². The van der Waals surface area contributed by atoms with Gasteiger partial charge in [0.15, 0.2) is 11.6 Å². The Balaban J connectivity index is 1.93. The molecule has 1 N–H and O–H groups in total. The third-order valence-corrected chi connectivity index (χ3v) is 3.98. The molecule has 0 fully saturated rings. The topological polar surface area (TPSA) is 65.0 Å². The largest absolute Gasteiger partial charge is 0.488 e. The molecule has 0 saturated heterocycles. The first-order chi connectivity index (χ1) is 12.4. The fourth-order valence-corrected chi connectivity index (χ4v) is 2.45. The zero-order valence-electron chi connectivity index (χ0n) is 14.4. The molecule has 26 heavy (non-hydrogen) atoms. The molecule has 2 aromatic carbocycles. The van der Waals surface area contributed by atoms with Crippen LogP contribution in [0.5, 0.6) is 17.2 Å². The number of hydrogen-bond donors (Lipinski definition) is 1. The molecule has 2 unspecified atom stereocenters. The van der Waals surface area contributed by atoms with E-state index in [1.54, 1.807) is 44.2 Å². The molecule has 2 atom stereocenters. The summed E-state index contributed by atoms with van der Waals surface area (Å²) in [5.74, 6) is 0.0913. The van der Waals surface area contributed by atoms with Crippen molar-refractivity contribution in [3.63, 3.8) is 0 Å². The van der Waals surface area contributed by atoms with Gasteiger partial charge in [0.2, 0.25) is 0 Å². The number of aliphatic hydroxyl groups excluding tert-OH is 1. The predicted molar refractivity (Wildman–Crippen MR) is 98.0 cm³/mol. The number of rotatable bonds is 8. The van der Waals surface area contributed by atoms with Crippen molar-refractivity contribution in [1.29, 1.82) is 0 Å². The van der Waals surface area contributed by atoms with Crippen LogP contribution in [0.1, 0.15) is 20.3 Å². The van der Waals surface area contributed by atoms with Crippen molar-refractivity contribution in [2.24, 2.45) is 0 Å². The minimum absolute atomic E-state index is 0.111. The molecule has 2 rings (SSSR count). The van der Waals surface area contributed by atoms with Crippen LogP contribution < -0.4 is 9.47 Å². The van der Waals surface area contributed by atoms with E-state index in [-0.39, 0.29) is 18.8 Å². The van der Waals surface area contributed by atoms with Gasteiger partial charge < -0.3 is 19.3 Å². The lowest BCUT2D eigenvalue weighted by Crippen LogP contribution is -2.31. The summed E-state index contributed by atoms with van der Waals surface area (Å²) in [7, 11) is 0. The van der Waals surface area contributed by atoms with Crippen LogP contribution in [0.2, 0.25) is 0 Å². The van der Waals surface area contributed by atoms with Gasteiger partial charge in [-0.1, -0.05) is 15.9 Å². The highest BCUT2D eigenvalue weighted by atomic mass is 79.9. The second kappa shape index (κ2) is 9.54. The third kappa shape index (κ3) is 6.00. The van der Waals surface area contributed by atoms with Gasteiger partial charge in [-0.3, -0.25) is 4.79 Å². The van der Waals surface area contributed by atoms with Gasteiger partial charge in [0.05, 0.1) is 13.0 Å². The SMILES string of the molecule is CCOC(=O)CC(O)C(C)Oc1ccc(Oc2ccc(Br)cc2F)cc1. The minimum atomic E-state index is -0.984. The highest BCUT2D eigenvalue weighted by molar-refractivity contribution is 9.10. The number of carbonyl (C=O) groups is 1. The second-order valence-electron chi connectivity index (χ2n) is 5.55. The summed E-state index contributed by atoms with van der Waals surface area (Å²) in [4.78, 5) is 11.4. The van der Waals surface area contributed by atoms with E-state index in [0.717, 1.165) is 0 Å². The van der Waals surface area contributed by atoms with Crippen LogP contribution in [-0.4, -0.2) is 29.9 Å². The molecule has 0 amide bonds. The molecule has 0 radical (unpaired) electrons. The van der Waals surface area contributed by atoms with Crippen LogP contribution >= 0.6 is 15.9 Å². The van der Waals surface area contributed by atoms with Crippen LogP contribution in [0.15, 0.2) is 46.9 Å². The van der Waals surface area contributed by atoms with Crippen molar-refractivity contribution in [2.75, 3.05) is 6.61 Å². The lowest BCUT2D eigenvalue weighted by atomic mass is 10.1. The third-order valence-electron chi connectivity index (χ3n) is 3.49. The average molecular weight is 427 g/mol. The maximum absolute atomic E-state index is 13.8. The average Bonchev–Trinajstić information content (AvgIpc) is 2.59. The van der Waals surface area contributed by atoms with E-state index in [1.165, 1.54) is 12.1 Å². The smallest absolute Gasteiger partial charge is 0.308 e. The van der Waals surface area contributed by atoms with E-state index < -0.39 is 24.0 Å². The van der Waals surface area contributed by atoms with Crippen molar-refractivity contribution < 1.29 is 28.5 Å². The van der Waals surface area contributed by atoms with Gasteiger partial charge in [0.1, 0.15) is 23.7 Å². The molecule has 0 aromatic heterocycles. The summed E-state index contributed by atoms with van der Waals surface area (Å²) in [5.41, 5.74) is 0. The first kappa shape index (κ1) is 20.2. The molecule has 0 aliphatic heterocycles. The molecule has 5 nitrogen and oxygen atoms in total. The molecule has 0 aliphatic rings. The zero-order chi connectivity index (χ0) is 19.1. The molecular weight excluding hydrogens is 407 g/mol. The van der Waals surface area contributed by atoms with Gasteiger partial charge in [-0.05, 0) is 56.3 Å². The van der Waals surface area contributed by atoms with Gasteiger partial charge >= 0.3 is 5.97 Å². The molecule has 140 valence electrons. The lowest BCUT2D eigenvalue weighted by molar-refractivity contribution is -0.146. The quantitative estimate of drug-likeness (QED) is 0.631. The van der Waals surface area contributed by atoms with Crippen molar-refractivity contribution in [3.8, 4) is 17.2 Å². The number of halogens is 2. The maximum Gasteiger partial charge on any atom is 0.308 e. The summed E-state index contributed by atoms with van der Waals surface area (Å²) in [6.07, 6.45) is -1.73. The summed E-state index contributed by atoms with van der Waals surface area (Å²) in [5, 5.41) is 9.98. The van der Waals surface area contributed by atoms with E-state index in [2.05, 4.69) is 15.9 Å².